The third-order valence-corrected chi connectivity index (χ3v) is 4.55. The fraction of sp³-hybridized carbons (Fsp3) is 0.438. The molecular formula is C16H20BrNO. The number of carbonyl (C=O) groups is 1. The number of allylic oxidation sites excluding steroid dienone is 1. The van der Waals surface area contributed by atoms with Gasteiger partial charge in [-0.25, -0.2) is 0 Å². The maximum absolute atomic E-state index is 12.2. The summed E-state index contributed by atoms with van der Waals surface area (Å²) in [6.45, 7) is 6.97. The van der Waals surface area contributed by atoms with Crippen molar-refractivity contribution in [3.8, 4) is 0 Å². The molecule has 1 aliphatic heterocycles. The predicted molar refractivity (Wildman–Crippen MR) is 82.2 cm³/mol. The summed E-state index contributed by atoms with van der Waals surface area (Å²) in [4.78, 5) is 14.2. The van der Waals surface area contributed by atoms with Gasteiger partial charge < -0.3 is 4.90 Å². The van der Waals surface area contributed by atoms with Crippen molar-refractivity contribution in [2.24, 2.45) is 5.92 Å². The number of hydrogen-bond acceptors (Lipinski definition) is 1. The lowest BCUT2D eigenvalue weighted by molar-refractivity contribution is -0.129. The number of likely N-dealkylation sites (tertiary alicyclic amines) is 1. The van der Waals surface area contributed by atoms with Gasteiger partial charge in [0.15, 0.2) is 0 Å². The third-order valence-electron chi connectivity index (χ3n) is 3.75. The van der Waals surface area contributed by atoms with E-state index in [2.05, 4.69) is 41.6 Å². The van der Waals surface area contributed by atoms with Crippen LogP contribution in [0.5, 0.6) is 0 Å². The van der Waals surface area contributed by atoms with Gasteiger partial charge in [0.05, 0.1) is 6.04 Å². The fourth-order valence-electron chi connectivity index (χ4n) is 2.69. The Morgan fingerprint density at radius 2 is 2.16 bits per heavy atom. The lowest BCUT2D eigenvalue weighted by Gasteiger charge is -2.25. The van der Waals surface area contributed by atoms with Crippen LogP contribution >= 0.6 is 15.9 Å². The maximum atomic E-state index is 12.2. The SMILES string of the molecule is C=C(CBr)C[C@@H]1CC(=O)N([C@H](C)c2ccccc2)C1. The van der Waals surface area contributed by atoms with E-state index >= 15 is 0 Å². The molecule has 0 radical (unpaired) electrons. The third kappa shape index (κ3) is 3.47. The molecule has 1 aliphatic rings. The van der Waals surface area contributed by atoms with E-state index in [-0.39, 0.29) is 11.9 Å². The molecule has 102 valence electrons. The Bertz CT molecular complexity index is 457. The van der Waals surface area contributed by atoms with Gasteiger partial charge in [-0.05, 0) is 24.8 Å². The first kappa shape index (κ1) is 14.3. The van der Waals surface area contributed by atoms with Gasteiger partial charge in [-0.15, -0.1) is 0 Å². The fourth-order valence-corrected chi connectivity index (χ4v) is 2.92. The van der Waals surface area contributed by atoms with E-state index in [1.807, 2.05) is 23.1 Å². The molecule has 1 fully saturated rings. The summed E-state index contributed by atoms with van der Waals surface area (Å²) in [5, 5.41) is 0.825. The molecular weight excluding hydrogens is 302 g/mol. The normalized spacial score (nSPS) is 20.6. The van der Waals surface area contributed by atoms with E-state index in [4.69, 9.17) is 0 Å². The number of rotatable bonds is 5. The van der Waals surface area contributed by atoms with E-state index in [0.717, 1.165) is 18.3 Å². The summed E-state index contributed by atoms with van der Waals surface area (Å²) in [6, 6.07) is 10.4. The summed E-state index contributed by atoms with van der Waals surface area (Å²) in [6.07, 6.45) is 1.60. The molecule has 2 rings (SSSR count). The second kappa shape index (κ2) is 6.38. The molecule has 0 spiro atoms. The number of alkyl halides is 1. The summed E-state index contributed by atoms with van der Waals surface area (Å²) in [5.74, 6) is 0.687. The van der Waals surface area contributed by atoms with Crippen LogP contribution in [0.25, 0.3) is 0 Å². The second-order valence-corrected chi connectivity index (χ2v) is 5.85. The minimum Gasteiger partial charge on any atom is -0.336 e. The molecule has 0 aliphatic carbocycles. The molecule has 1 aromatic rings. The average molecular weight is 322 g/mol. The van der Waals surface area contributed by atoms with Crippen LogP contribution in [0.2, 0.25) is 0 Å². The second-order valence-electron chi connectivity index (χ2n) is 5.29. The molecule has 1 amide bonds. The van der Waals surface area contributed by atoms with Crippen LogP contribution in [0.3, 0.4) is 0 Å². The van der Waals surface area contributed by atoms with Crippen molar-refractivity contribution in [3.05, 3.63) is 48.0 Å². The average Bonchev–Trinajstić information content (AvgIpc) is 2.79. The Morgan fingerprint density at radius 1 is 1.47 bits per heavy atom. The van der Waals surface area contributed by atoms with Crippen molar-refractivity contribution < 1.29 is 4.79 Å². The summed E-state index contributed by atoms with van der Waals surface area (Å²) < 4.78 is 0. The Labute approximate surface area is 123 Å². The lowest BCUT2D eigenvalue weighted by atomic mass is 10.0. The van der Waals surface area contributed by atoms with Crippen LogP contribution in [0, 0.1) is 5.92 Å². The van der Waals surface area contributed by atoms with Gasteiger partial charge in [0.25, 0.3) is 0 Å². The highest BCUT2D eigenvalue weighted by Crippen LogP contribution is 2.31. The van der Waals surface area contributed by atoms with Crippen LogP contribution in [-0.2, 0) is 4.79 Å². The van der Waals surface area contributed by atoms with Gasteiger partial charge in [-0.3, -0.25) is 4.79 Å². The molecule has 1 aromatic carbocycles. The van der Waals surface area contributed by atoms with E-state index < -0.39 is 0 Å². The number of carbonyl (C=O) groups excluding carboxylic acids is 1. The summed E-state index contributed by atoms with van der Waals surface area (Å²) in [7, 11) is 0. The van der Waals surface area contributed by atoms with Crippen molar-refractivity contribution in [3.63, 3.8) is 0 Å². The first-order valence-corrected chi connectivity index (χ1v) is 7.81. The smallest absolute Gasteiger partial charge is 0.223 e. The molecule has 1 saturated heterocycles. The zero-order valence-corrected chi connectivity index (χ0v) is 12.9. The summed E-state index contributed by atoms with van der Waals surface area (Å²) in [5.41, 5.74) is 2.38. The molecule has 0 aromatic heterocycles. The number of hydrogen-bond donors (Lipinski definition) is 0. The van der Waals surface area contributed by atoms with Crippen LogP contribution < -0.4 is 0 Å². The monoisotopic (exact) mass is 321 g/mol. The quantitative estimate of drug-likeness (QED) is 0.594. The highest BCUT2D eigenvalue weighted by molar-refractivity contribution is 9.09. The highest BCUT2D eigenvalue weighted by Gasteiger charge is 2.32. The molecule has 1 heterocycles. The molecule has 0 bridgehead atoms. The van der Waals surface area contributed by atoms with Gasteiger partial charge in [0, 0.05) is 18.3 Å². The van der Waals surface area contributed by atoms with E-state index in [1.165, 1.54) is 11.1 Å². The van der Waals surface area contributed by atoms with Crippen molar-refractivity contribution in [1.82, 2.24) is 4.90 Å². The van der Waals surface area contributed by atoms with Gasteiger partial charge in [0.2, 0.25) is 5.91 Å². The topological polar surface area (TPSA) is 20.3 Å². The largest absolute Gasteiger partial charge is 0.336 e. The van der Waals surface area contributed by atoms with E-state index in [1.54, 1.807) is 0 Å². The molecule has 3 heteroatoms. The minimum atomic E-state index is 0.163. The van der Waals surface area contributed by atoms with Crippen LogP contribution in [0.4, 0.5) is 0 Å². The van der Waals surface area contributed by atoms with Crippen LogP contribution in [0.15, 0.2) is 42.5 Å². The zero-order chi connectivity index (χ0) is 13.8. The maximum Gasteiger partial charge on any atom is 0.223 e. The molecule has 0 unspecified atom stereocenters. The summed E-state index contributed by atoms with van der Waals surface area (Å²) >= 11 is 3.42. The molecule has 19 heavy (non-hydrogen) atoms. The van der Waals surface area contributed by atoms with E-state index in [9.17, 15) is 4.79 Å². The van der Waals surface area contributed by atoms with Gasteiger partial charge in [-0.1, -0.05) is 58.4 Å². The highest BCUT2D eigenvalue weighted by atomic mass is 79.9. The van der Waals surface area contributed by atoms with Crippen LogP contribution in [-0.4, -0.2) is 22.7 Å². The zero-order valence-electron chi connectivity index (χ0n) is 11.3. The first-order chi connectivity index (χ1) is 9.11. The number of halogens is 1. The van der Waals surface area contributed by atoms with Crippen LogP contribution in [0.1, 0.15) is 31.4 Å². The van der Waals surface area contributed by atoms with Crippen molar-refractivity contribution in [2.75, 3.05) is 11.9 Å². The lowest BCUT2D eigenvalue weighted by Crippen LogP contribution is -2.28. The minimum absolute atomic E-state index is 0.163. The van der Waals surface area contributed by atoms with Crippen molar-refractivity contribution >= 4 is 21.8 Å². The van der Waals surface area contributed by atoms with Gasteiger partial charge in [-0.2, -0.15) is 0 Å². The Kier molecular flexibility index (Phi) is 4.81. The van der Waals surface area contributed by atoms with Crippen molar-refractivity contribution in [1.29, 1.82) is 0 Å². The molecule has 2 atom stereocenters. The standard InChI is InChI=1S/C16H20BrNO/c1-12(10-17)8-14-9-16(19)18(11-14)13(2)15-6-4-3-5-7-15/h3-7,13-14H,1,8-11H2,2H3/t13-,14-/m1/s1. The van der Waals surface area contributed by atoms with Crippen molar-refractivity contribution in [2.45, 2.75) is 25.8 Å². The molecule has 0 N–H and O–H groups in total. The van der Waals surface area contributed by atoms with Gasteiger partial charge in [0.1, 0.15) is 0 Å². The number of amides is 1. The molecule has 2 nitrogen and oxygen atoms in total. The Balaban J connectivity index is 2.02. The first-order valence-electron chi connectivity index (χ1n) is 6.69. The number of nitrogens with zero attached hydrogens (tertiary/aromatic N) is 1. The van der Waals surface area contributed by atoms with E-state index in [0.29, 0.717) is 12.3 Å². The predicted octanol–water partition coefficient (Wildman–Crippen LogP) is 3.94. The Hall–Kier alpha value is -1.09. The number of benzene rings is 1. The Morgan fingerprint density at radius 3 is 2.79 bits per heavy atom. The molecule has 0 saturated carbocycles. The van der Waals surface area contributed by atoms with Gasteiger partial charge >= 0.3 is 0 Å².